The molecule has 1 aromatic heterocycles. The maximum absolute atomic E-state index is 12.5. The lowest BCUT2D eigenvalue weighted by molar-refractivity contribution is 0.100. The van der Waals surface area contributed by atoms with Gasteiger partial charge in [-0.3, -0.25) is 9.78 Å². The topological polar surface area (TPSA) is 94.4 Å². The Hall–Kier alpha value is -2.43. The Morgan fingerprint density at radius 1 is 0.864 bits per heavy atom. The van der Waals surface area contributed by atoms with Gasteiger partial charge in [-0.05, 0) is 69.4 Å². The van der Waals surface area contributed by atoms with Crippen molar-refractivity contribution in [2.75, 3.05) is 0 Å². The molecule has 22 heavy (non-hydrogen) atoms. The summed E-state index contributed by atoms with van der Waals surface area (Å²) in [5.74, 6) is -0.649. The standard InChI is InChI=1S/C17H22N4O/c1-7-8(2)10(4)15-13(9(7)3)14(11(5)12(6)20-15)16(22)21-17(18)19/h1-6H3,(H4,18,19,21,22). The number of fused-ring (bicyclic) bond motifs is 1. The zero-order valence-corrected chi connectivity index (χ0v) is 14.0. The Balaban J connectivity index is 3.06. The fraction of sp³-hybridized carbons (Fsp3) is 0.353. The average molecular weight is 298 g/mol. The first-order valence-electron chi connectivity index (χ1n) is 7.18. The molecule has 0 aliphatic carbocycles. The van der Waals surface area contributed by atoms with Gasteiger partial charge >= 0.3 is 0 Å². The van der Waals surface area contributed by atoms with Crippen LogP contribution in [0.4, 0.5) is 0 Å². The second-order valence-corrected chi connectivity index (χ2v) is 5.76. The van der Waals surface area contributed by atoms with Gasteiger partial charge in [0.1, 0.15) is 0 Å². The lowest BCUT2D eigenvalue weighted by Gasteiger charge is -2.18. The summed E-state index contributed by atoms with van der Waals surface area (Å²) in [6, 6.07) is 0. The number of guanidine groups is 1. The molecule has 0 saturated carbocycles. The highest BCUT2D eigenvalue weighted by molar-refractivity contribution is 6.12. The Labute approximate surface area is 130 Å². The van der Waals surface area contributed by atoms with Crippen LogP contribution < -0.4 is 11.5 Å². The van der Waals surface area contributed by atoms with Gasteiger partial charge in [-0.25, -0.2) is 0 Å². The number of nitrogens with zero attached hydrogens (tertiary/aromatic N) is 2. The molecule has 0 radical (unpaired) electrons. The smallest absolute Gasteiger partial charge is 0.281 e. The molecule has 0 fully saturated rings. The maximum atomic E-state index is 12.5. The summed E-state index contributed by atoms with van der Waals surface area (Å²) in [6.45, 7) is 11.9. The van der Waals surface area contributed by atoms with Crippen LogP contribution in [-0.4, -0.2) is 16.9 Å². The van der Waals surface area contributed by atoms with E-state index in [0.29, 0.717) is 5.56 Å². The first kappa shape index (κ1) is 15.9. The van der Waals surface area contributed by atoms with E-state index in [1.54, 1.807) is 0 Å². The average Bonchev–Trinajstić information content (AvgIpc) is 2.44. The van der Waals surface area contributed by atoms with Crippen LogP contribution in [0.5, 0.6) is 0 Å². The third-order valence-electron chi connectivity index (χ3n) is 4.55. The van der Waals surface area contributed by atoms with Crippen LogP contribution in [0.2, 0.25) is 0 Å². The monoisotopic (exact) mass is 298 g/mol. The summed E-state index contributed by atoms with van der Waals surface area (Å²) in [6.07, 6.45) is 0. The van der Waals surface area contributed by atoms with Gasteiger partial charge in [-0.1, -0.05) is 0 Å². The minimum absolute atomic E-state index is 0.231. The number of amides is 1. The van der Waals surface area contributed by atoms with E-state index in [0.717, 1.165) is 38.9 Å². The fourth-order valence-corrected chi connectivity index (χ4v) is 2.80. The Kier molecular flexibility index (Phi) is 3.92. The predicted octanol–water partition coefficient (Wildman–Crippen LogP) is 2.50. The molecule has 4 N–H and O–H groups in total. The first-order chi connectivity index (χ1) is 10.2. The molecule has 0 unspecified atom stereocenters. The van der Waals surface area contributed by atoms with E-state index in [1.165, 1.54) is 5.56 Å². The molecule has 0 spiro atoms. The molecule has 0 aliphatic rings. The van der Waals surface area contributed by atoms with Crippen molar-refractivity contribution in [3.8, 4) is 0 Å². The minimum Gasteiger partial charge on any atom is -0.370 e. The lowest BCUT2D eigenvalue weighted by atomic mass is 9.90. The van der Waals surface area contributed by atoms with Crippen molar-refractivity contribution in [3.05, 3.63) is 39.1 Å². The molecular formula is C17H22N4O. The molecule has 0 saturated heterocycles. The van der Waals surface area contributed by atoms with E-state index in [9.17, 15) is 4.79 Å². The van der Waals surface area contributed by atoms with Gasteiger partial charge in [0.25, 0.3) is 5.91 Å². The Bertz CT molecular complexity index is 831. The molecule has 0 aliphatic heterocycles. The largest absolute Gasteiger partial charge is 0.370 e. The highest BCUT2D eigenvalue weighted by atomic mass is 16.1. The van der Waals surface area contributed by atoms with Crippen molar-refractivity contribution in [2.45, 2.75) is 41.5 Å². The van der Waals surface area contributed by atoms with E-state index < -0.39 is 5.91 Å². The summed E-state index contributed by atoms with van der Waals surface area (Å²) in [7, 11) is 0. The van der Waals surface area contributed by atoms with Crippen molar-refractivity contribution >= 4 is 22.8 Å². The number of aliphatic imine (C=N–C) groups is 1. The van der Waals surface area contributed by atoms with Gasteiger partial charge < -0.3 is 11.5 Å². The van der Waals surface area contributed by atoms with Crippen molar-refractivity contribution in [3.63, 3.8) is 0 Å². The number of rotatable bonds is 1. The molecular weight excluding hydrogens is 276 g/mol. The van der Waals surface area contributed by atoms with E-state index in [4.69, 9.17) is 16.5 Å². The van der Waals surface area contributed by atoms with Crippen LogP contribution in [0.3, 0.4) is 0 Å². The zero-order valence-electron chi connectivity index (χ0n) is 14.0. The van der Waals surface area contributed by atoms with Crippen LogP contribution in [0.25, 0.3) is 10.9 Å². The Morgan fingerprint density at radius 2 is 1.41 bits per heavy atom. The van der Waals surface area contributed by atoms with E-state index in [1.807, 2.05) is 27.7 Å². The number of aromatic nitrogens is 1. The van der Waals surface area contributed by atoms with Crippen molar-refractivity contribution in [2.24, 2.45) is 16.5 Å². The lowest BCUT2D eigenvalue weighted by Crippen LogP contribution is -2.24. The molecule has 1 heterocycles. The maximum Gasteiger partial charge on any atom is 0.281 e. The molecule has 1 amide bonds. The normalized spacial score (nSPS) is 10.8. The van der Waals surface area contributed by atoms with E-state index in [2.05, 4.69) is 18.8 Å². The summed E-state index contributed by atoms with van der Waals surface area (Å²) in [5, 5.41) is 0.846. The number of benzene rings is 1. The van der Waals surface area contributed by atoms with Crippen molar-refractivity contribution in [1.82, 2.24) is 4.98 Å². The van der Waals surface area contributed by atoms with Crippen LogP contribution in [0.1, 0.15) is 43.9 Å². The fourth-order valence-electron chi connectivity index (χ4n) is 2.80. The number of nitrogens with two attached hydrogens (primary N) is 2. The van der Waals surface area contributed by atoms with Crippen LogP contribution in [0.15, 0.2) is 4.99 Å². The highest BCUT2D eigenvalue weighted by Gasteiger charge is 2.21. The van der Waals surface area contributed by atoms with E-state index in [-0.39, 0.29) is 5.96 Å². The quantitative estimate of drug-likeness (QED) is 0.624. The number of carbonyl (C=O) groups is 1. The third kappa shape index (κ3) is 2.32. The highest BCUT2D eigenvalue weighted by Crippen LogP contribution is 2.33. The number of hydrogen-bond donors (Lipinski definition) is 2. The predicted molar refractivity (Wildman–Crippen MR) is 90.3 cm³/mol. The van der Waals surface area contributed by atoms with Gasteiger partial charge in [-0.2, -0.15) is 4.99 Å². The van der Waals surface area contributed by atoms with Gasteiger partial charge in [0.15, 0.2) is 5.96 Å². The molecule has 0 bridgehead atoms. The first-order valence-corrected chi connectivity index (χ1v) is 7.18. The minimum atomic E-state index is -0.418. The second kappa shape index (κ2) is 5.40. The number of aryl methyl sites for hydroxylation is 3. The summed E-state index contributed by atoms with van der Waals surface area (Å²) < 4.78 is 0. The number of carbonyl (C=O) groups excluding carboxylic acids is 1. The van der Waals surface area contributed by atoms with Gasteiger partial charge in [0.2, 0.25) is 0 Å². The van der Waals surface area contributed by atoms with Crippen LogP contribution >= 0.6 is 0 Å². The molecule has 2 rings (SSSR count). The summed E-state index contributed by atoms with van der Waals surface area (Å²) >= 11 is 0. The number of hydrogen-bond acceptors (Lipinski definition) is 2. The molecule has 1 aromatic carbocycles. The second-order valence-electron chi connectivity index (χ2n) is 5.76. The molecule has 2 aromatic rings. The molecule has 116 valence electrons. The van der Waals surface area contributed by atoms with Crippen molar-refractivity contribution in [1.29, 1.82) is 0 Å². The van der Waals surface area contributed by atoms with Gasteiger partial charge in [0, 0.05) is 11.1 Å². The Morgan fingerprint density at radius 3 is 1.95 bits per heavy atom. The van der Waals surface area contributed by atoms with Crippen molar-refractivity contribution < 1.29 is 4.79 Å². The SMILES string of the molecule is Cc1nc2c(C)c(C)c(C)c(C)c2c(C(=O)N=C(N)N)c1C. The molecule has 0 atom stereocenters. The number of pyridine rings is 1. The molecule has 5 nitrogen and oxygen atoms in total. The van der Waals surface area contributed by atoms with Gasteiger partial charge in [-0.15, -0.1) is 0 Å². The van der Waals surface area contributed by atoms with Crippen LogP contribution in [0, 0.1) is 41.5 Å². The van der Waals surface area contributed by atoms with Gasteiger partial charge in [0.05, 0.1) is 11.1 Å². The van der Waals surface area contributed by atoms with E-state index >= 15 is 0 Å². The summed E-state index contributed by atoms with van der Waals surface area (Å²) in [4.78, 5) is 21.0. The van der Waals surface area contributed by atoms with Crippen LogP contribution in [-0.2, 0) is 0 Å². The molecule has 5 heteroatoms. The third-order valence-corrected chi connectivity index (χ3v) is 4.55. The summed E-state index contributed by atoms with van der Waals surface area (Å²) in [5.41, 5.74) is 18.2. The zero-order chi connectivity index (χ0) is 16.8.